The van der Waals surface area contributed by atoms with Crippen LogP contribution in [0.4, 0.5) is 5.69 Å². The van der Waals surface area contributed by atoms with Crippen LogP contribution in [0, 0.1) is 0 Å². The molecule has 64 valence electrons. The van der Waals surface area contributed by atoms with Crippen LogP contribution in [0.1, 0.15) is 17.5 Å². The molecule has 0 fully saturated rings. The molecule has 1 aromatic carbocycles. The van der Waals surface area contributed by atoms with E-state index >= 15 is 0 Å². The Balaban J connectivity index is 2.36. The van der Waals surface area contributed by atoms with Crippen LogP contribution in [0.2, 0.25) is 0 Å². The molecular formula is C10H13NS. The topological polar surface area (TPSA) is 12.0 Å². The monoisotopic (exact) mass is 179 g/mol. The highest BCUT2D eigenvalue weighted by Crippen LogP contribution is 2.23. The molecule has 0 atom stereocenters. The van der Waals surface area contributed by atoms with Crippen molar-refractivity contribution in [1.82, 2.24) is 0 Å². The summed E-state index contributed by atoms with van der Waals surface area (Å²) < 4.78 is 0. The molecule has 0 saturated heterocycles. The first-order chi connectivity index (χ1) is 5.90. The predicted molar refractivity (Wildman–Crippen MR) is 55.9 cm³/mol. The first kappa shape index (κ1) is 7.99. The summed E-state index contributed by atoms with van der Waals surface area (Å²) in [6, 6.07) is 6.59. The summed E-state index contributed by atoms with van der Waals surface area (Å²) in [5.41, 5.74) is 4.06. The summed E-state index contributed by atoms with van der Waals surface area (Å²) in [6.45, 7) is 1.11. The summed E-state index contributed by atoms with van der Waals surface area (Å²) >= 11 is 4.25. The molecule has 1 aromatic rings. The van der Waals surface area contributed by atoms with E-state index < -0.39 is 0 Å². The molecule has 1 aliphatic rings. The molecule has 0 saturated carbocycles. The fraction of sp³-hybridized carbons (Fsp3) is 0.400. The molecular weight excluding hydrogens is 166 g/mol. The molecule has 0 aromatic heterocycles. The maximum atomic E-state index is 4.25. The summed E-state index contributed by atoms with van der Waals surface area (Å²) in [7, 11) is 0. The maximum absolute atomic E-state index is 4.25. The van der Waals surface area contributed by atoms with E-state index in [1.54, 1.807) is 0 Å². The van der Waals surface area contributed by atoms with Crippen molar-refractivity contribution in [3.8, 4) is 0 Å². The molecule has 0 unspecified atom stereocenters. The van der Waals surface area contributed by atoms with Crippen LogP contribution in [0.5, 0.6) is 0 Å². The lowest BCUT2D eigenvalue weighted by Gasteiger charge is -2.18. The number of nitrogens with one attached hydrogen (secondary N) is 1. The highest BCUT2D eigenvalue weighted by molar-refractivity contribution is 7.79. The van der Waals surface area contributed by atoms with Crippen LogP contribution in [0.15, 0.2) is 18.2 Å². The average Bonchev–Trinajstić information content (AvgIpc) is 2.17. The van der Waals surface area contributed by atoms with Crippen molar-refractivity contribution in [2.75, 3.05) is 11.9 Å². The molecule has 1 aliphatic heterocycles. The molecule has 0 bridgehead atoms. The Hall–Kier alpha value is -0.630. The van der Waals surface area contributed by atoms with Gasteiger partial charge in [-0.05, 0) is 30.0 Å². The lowest BCUT2D eigenvalue weighted by atomic mass is 10.0. The fourth-order valence-electron chi connectivity index (χ4n) is 1.61. The lowest BCUT2D eigenvalue weighted by molar-refractivity contribution is 0.829. The third kappa shape index (κ3) is 1.44. The second-order valence-corrected chi connectivity index (χ2v) is 3.50. The van der Waals surface area contributed by atoms with Crippen LogP contribution >= 0.6 is 12.6 Å². The van der Waals surface area contributed by atoms with Gasteiger partial charge in [0.2, 0.25) is 0 Å². The van der Waals surface area contributed by atoms with Crippen molar-refractivity contribution in [3.05, 3.63) is 29.3 Å². The largest absolute Gasteiger partial charge is 0.385 e. The maximum Gasteiger partial charge on any atom is 0.0375 e. The van der Waals surface area contributed by atoms with Crippen molar-refractivity contribution in [3.63, 3.8) is 0 Å². The lowest BCUT2D eigenvalue weighted by Crippen LogP contribution is -2.11. The molecule has 2 heteroatoms. The predicted octanol–water partition coefficient (Wildman–Crippen LogP) is 2.47. The van der Waals surface area contributed by atoms with Gasteiger partial charge in [-0.3, -0.25) is 0 Å². The third-order valence-electron chi connectivity index (χ3n) is 2.30. The quantitative estimate of drug-likeness (QED) is 0.631. The highest BCUT2D eigenvalue weighted by Gasteiger charge is 2.07. The Morgan fingerprint density at radius 1 is 1.42 bits per heavy atom. The van der Waals surface area contributed by atoms with E-state index in [1.165, 1.54) is 29.7 Å². The van der Waals surface area contributed by atoms with Gasteiger partial charge >= 0.3 is 0 Å². The number of anilines is 1. The Kier molecular flexibility index (Phi) is 2.26. The standard InChI is InChI=1S/C10H13NS/c12-7-8-3-4-9-2-1-5-11-10(9)6-8/h3-4,6,11-12H,1-2,5,7H2. The van der Waals surface area contributed by atoms with Gasteiger partial charge in [-0.15, -0.1) is 0 Å². The van der Waals surface area contributed by atoms with Gasteiger partial charge in [-0.25, -0.2) is 0 Å². The minimum absolute atomic E-state index is 0.828. The van der Waals surface area contributed by atoms with Crippen molar-refractivity contribution < 1.29 is 0 Å². The number of rotatable bonds is 1. The minimum atomic E-state index is 0.828. The summed E-state index contributed by atoms with van der Waals surface area (Å²) in [5.74, 6) is 0.828. The smallest absolute Gasteiger partial charge is 0.0375 e. The van der Waals surface area contributed by atoms with Gasteiger partial charge in [0.15, 0.2) is 0 Å². The molecule has 0 aliphatic carbocycles. The molecule has 0 amide bonds. The van der Waals surface area contributed by atoms with Gasteiger partial charge in [0.25, 0.3) is 0 Å². The number of thiol groups is 1. The van der Waals surface area contributed by atoms with Crippen molar-refractivity contribution in [2.45, 2.75) is 18.6 Å². The van der Waals surface area contributed by atoms with Crippen LogP contribution < -0.4 is 5.32 Å². The van der Waals surface area contributed by atoms with Gasteiger partial charge in [0, 0.05) is 18.0 Å². The summed E-state index contributed by atoms with van der Waals surface area (Å²) in [4.78, 5) is 0. The number of aryl methyl sites for hydroxylation is 1. The zero-order valence-electron chi connectivity index (χ0n) is 7.01. The second kappa shape index (κ2) is 3.40. The van der Waals surface area contributed by atoms with E-state index in [1.807, 2.05) is 0 Å². The van der Waals surface area contributed by atoms with E-state index in [-0.39, 0.29) is 0 Å². The Morgan fingerprint density at radius 2 is 2.33 bits per heavy atom. The Bertz CT molecular complexity index is 283. The van der Waals surface area contributed by atoms with E-state index in [0.29, 0.717) is 0 Å². The van der Waals surface area contributed by atoms with Crippen molar-refractivity contribution in [1.29, 1.82) is 0 Å². The van der Waals surface area contributed by atoms with Gasteiger partial charge in [-0.2, -0.15) is 12.6 Å². The van der Waals surface area contributed by atoms with Crippen molar-refractivity contribution in [2.24, 2.45) is 0 Å². The highest BCUT2D eigenvalue weighted by atomic mass is 32.1. The molecule has 12 heavy (non-hydrogen) atoms. The zero-order chi connectivity index (χ0) is 8.39. The molecule has 0 spiro atoms. The number of hydrogen-bond donors (Lipinski definition) is 2. The van der Waals surface area contributed by atoms with Gasteiger partial charge in [0.1, 0.15) is 0 Å². The van der Waals surface area contributed by atoms with Crippen LogP contribution in [-0.2, 0) is 12.2 Å². The minimum Gasteiger partial charge on any atom is -0.385 e. The van der Waals surface area contributed by atoms with Gasteiger partial charge in [-0.1, -0.05) is 12.1 Å². The first-order valence-corrected chi connectivity index (χ1v) is 5.00. The summed E-state index contributed by atoms with van der Waals surface area (Å²) in [6.07, 6.45) is 2.47. The molecule has 0 radical (unpaired) electrons. The van der Waals surface area contributed by atoms with Crippen LogP contribution in [-0.4, -0.2) is 6.54 Å². The first-order valence-electron chi connectivity index (χ1n) is 4.36. The third-order valence-corrected chi connectivity index (χ3v) is 2.66. The Labute approximate surface area is 78.6 Å². The average molecular weight is 179 g/mol. The number of benzene rings is 1. The van der Waals surface area contributed by atoms with E-state index in [9.17, 15) is 0 Å². The Morgan fingerprint density at radius 3 is 3.17 bits per heavy atom. The molecule has 1 heterocycles. The van der Waals surface area contributed by atoms with E-state index in [4.69, 9.17) is 0 Å². The SMILES string of the molecule is SCc1ccc2c(c1)NCCC2. The fourth-order valence-corrected chi connectivity index (χ4v) is 1.80. The zero-order valence-corrected chi connectivity index (χ0v) is 7.90. The summed E-state index contributed by atoms with van der Waals surface area (Å²) in [5, 5.41) is 3.40. The van der Waals surface area contributed by atoms with Crippen molar-refractivity contribution >= 4 is 18.3 Å². The van der Waals surface area contributed by atoms with E-state index in [0.717, 1.165) is 12.3 Å². The molecule has 1 nitrogen and oxygen atoms in total. The number of fused-ring (bicyclic) bond motifs is 1. The van der Waals surface area contributed by atoms with Gasteiger partial charge in [0.05, 0.1) is 0 Å². The number of hydrogen-bond acceptors (Lipinski definition) is 2. The van der Waals surface area contributed by atoms with E-state index in [2.05, 4.69) is 36.1 Å². The van der Waals surface area contributed by atoms with Crippen LogP contribution in [0.3, 0.4) is 0 Å². The molecule has 1 N–H and O–H groups in total. The molecule has 2 rings (SSSR count). The van der Waals surface area contributed by atoms with Crippen LogP contribution in [0.25, 0.3) is 0 Å². The second-order valence-electron chi connectivity index (χ2n) is 3.18. The van der Waals surface area contributed by atoms with Gasteiger partial charge < -0.3 is 5.32 Å². The normalized spacial score (nSPS) is 15.1.